The average Bonchev–Trinajstić information content (AvgIpc) is 3.72. The van der Waals surface area contributed by atoms with Gasteiger partial charge in [0.2, 0.25) is 5.91 Å². The van der Waals surface area contributed by atoms with Crippen molar-refractivity contribution in [3.8, 4) is 0 Å². The molecule has 4 fully saturated rings. The molecule has 4 aliphatic heterocycles. The van der Waals surface area contributed by atoms with Gasteiger partial charge in [0, 0.05) is 58.0 Å². The second-order valence-corrected chi connectivity index (χ2v) is 14.6. The Hall–Kier alpha value is -2.91. The van der Waals surface area contributed by atoms with Crippen molar-refractivity contribution in [2.75, 3.05) is 58.6 Å². The smallest absolute Gasteiger partial charge is 0.320 e. The molecule has 0 radical (unpaired) electrons. The van der Waals surface area contributed by atoms with Crippen LogP contribution >= 0.6 is 0 Å². The minimum Gasteiger partial charge on any atom is -0.338 e. The van der Waals surface area contributed by atoms with Crippen LogP contribution in [0, 0.1) is 11.3 Å². The summed E-state index contributed by atoms with van der Waals surface area (Å²) in [5.74, 6) is 0.953. The van der Waals surface area contributed by atoms with Crippen LogP contribution in [0.15, 0.2) is 59.5 Å². The maximum absolute atomic E-state index is 13.6. The molecule has 0 bridgehead atoms. The number of carbonyl (C=O) groups is 2. The van der Waals surface area contributed by atoms with Gasteiger partial charge in [0.15, 0.2) is 9.84 Å². The number of hydrogen-bond acceptors (Lipinski definition) is 5. The van der Waals surface area contributed by atoms with Crippen LogP contribution in [-0.2, 0) is 21.2 Å². The number of hydrogen-bond donors (Lipinski definition) is 0. The van der Waals surface area contributed by atoms with E-state index >= 15 is 0 Å². The number of urea groups is 1. The van der Waals surface area contributed by atoms with Crippen LogP contribution in [0.1, 0.15) is 49.1 Å². The Morgan fingerprint density at radius 1 is 0.854 bits per heavy atom. The van der Waals surface area contributed by atoms with Crippen molar-refractivity contribution in [1.29, 1.82) is 0 Å². The van der Waals surface area contributed by atoms with Crippen LogP contribution in [0.2, 0.25) is 0 Å². The lowest BCUT2D eigenvalue weighted by Crippen LogP contribution is -2.46. The van der Waals surface area contributed by atoms with Gasteiger partial charge < -0.3 is 19.6 Å². The molecule has 0 aliphatic carbocycles. The van der Waals surface area contributed by atoms with Gasteiger partial charge >= 0.3 is 6.03 Å². The number of sulfone groups is 1. The lowest BCUT2D eigenvalue weighted by atomic mass is 9.76. The molecule has 0 N–H and O–H groups in total. The predicted molar refractivity (Wildman–Crippen MR) is 158 cm³/mol. The molecule has 4 saturated heterocycles. The Balaban J connectivity index is 1.07. The number of piperidine rings is 1. The molecule has 8 nitrogen and oxygen atoms in total. The number of likely N-dealkylation sites (tertiary alicyclic amines) is 4. The lowest BCUT2D eigenvalue weighted by molar-refractivity contribution is -0.139. The van der Waals surface area contributed by atoms with Crippen molar-refractivity contribution in [2.45, 2.75) is 49.5 Å². The molecule has 220 valence electrons. The van der Waals surface area contributed by atoms with Crippen LogP contribution in [0.4, 0.5) is 4.79 Å². The number of amides is 3. The summed E-state index contributed by atoms with van der Waals surface area (Å²) in [6.45, 7) is 7.35. The van der Waals surface area contributed by atoms with Crippen LogP contribution in [0.5, 0.6) is 0 Å². The van der Waals surface area contributed by atoms with Crippen molar-refractivity contribution in [2.24, 2.45) is 11.3 Å². The average molecular weight is 579 g/mol. The largest absolute Gasteiger partial charge is 0.338 e. The number of benzene rings is 2. The van der Waals surface area contributed by atoms with E-state index in [-0.39, 0.29) is 17.4 Å². The van der Waals surface area contributed by atoms with Gasteiger partial charge in [-0.1, -0.05) is 42.5 Å². The molecule has 2 unspecified atom stereocenters. The van der Waals surface area contributed by atoms with Gasteiger partial charge in [0.05, 0.1) is 10.3 Å². The van der Waals surface area contributed by atoms with Gasteiger partial charge in [0.25, 0.3) is 0 Å². The second-order valence-electron chi connectivity index (χ2n) is 12.6. The standard InChI is InChI=1S/C32H42N4O4S/c1-41(39,40)28-11-9-25(10-12-28)21-35-20-15-32(30(35)37)13-18-33(19-14-32)22-27-23-36(31(38)34-16-5-6-17-34)24-29(27)26-7-3-2-4-8-26/h2-4,7-12,27,29H,5-6,13-24H2,1H3. The van der Waals surface area contributed by atoms with E-state index in [1.165, 1.54) is 11.8 Å². The highest BCUT2D eigenvalue weighted by atomic mass is 32.2. The highest BCUT2D eigenvalue weighted by molar-refractivity contribution is 7.90. The summed E-state index contributed by atoms with van der Waals surface area (Å²) in [6, 6.07) is 17.7. The number of carbonyl (C=O) groups excluding carboxylic acids is 2. The maximum atomic E-state index is 13.6. The van der Waals surface area contributed by atoms with E-state index in [0.717, 1.165) is 90.0 Å². The highest BCUT2D eigenvalue weighted by Crippen LogP contribution is 2.43. The Kier molecular flexibility index (Phi) is 7.85. The SMILES string of the molecule is CS(=O)(=O)c1ccc(CN2CCC3(CCN(CC4CN(C(=O)N5CCCC5)CC4c4ccccc4)CC3)C2=O)cc1. The normalized spacial score (nSPS) is 25.0. The molecule has 3 amide bonds. The van der Waals surface area contributed by atoms with E-state index in [1.54, 1.807) is 12.1 Å². The van der Waals surface area contributed by atoms with E-state index in [0.29, 0.717) is 23.3 Å². The van der Waals surface area contributed by atoms with Crippen molar-refractivity contribution >= 4 is 21.8 Å². The van der Waals surface area contributed by atoms with Gasteiger partial charge in [0.1, 0.15) is 0 Å². The van der Waals surface area contributed by atoms with E-state index in [4.69, 9.17) is 0 Å². The van der Waals surface area contributed by atoms with Gasteiger partial charge in [-0.2, -0.15) is 0 Å². The Morgan fingerprint density at radius 2 is 1.51 bits per heavy atom. The predicted octanol–water partition coefficient (Wildman–Crippen LogP) is 3.84. The molecule has 41 heavy (non-hydrogen) atoms. The summed E-state index contributed by atoms with van der Waals surface area (Å²) in [5, 5.41) is 0. The number of rotatable bonds is 6. The minimum atomic E-state index is -3.23. The molecule has 4 heterocycles. The van der Waals surface area contributed by atoms with Gasteiger partial charge in [-0.15, -0.1) is 0 Å². The first kappa shape index (κ1) is 28.2. The summed E-state index contributed by atoms with van der Waals surface area (Å²) in [6.07, 6.45) is 6.04. The number of nitrogens with zero attached hydrogens (tertiary/aromatic N) is 4. The first-order chi connectivity index (χ1) is 19.7. The molecule has 2 aromatic rings. The van der Waals surface area contributed by atoms with E-state index in [2.05, 4.69) is 40.1 Å². The van der Waals surface area contributed by atoms with Crippen LogP contribution < -0.4 is 0 Å². The summed E-state index contributed by atoms with van der Waals surface area (Å²) in [4.78, 5) is 35.8. The van der Waals surface area contributed by atoms with Gasteiger partial charge in [-0.3, -0.25) is 4.79 Å². The molecule has 4 aliphatic rings. The summed E-state index contributed by atoms with van der Waals surface area (Å²) in [5.41, 5.74) is 1.99. The van der Waals surface area contributed by atoms with Crippen molar-refractivity contribution in [3.63, 3.8) is 0 Å². The first-order valence-electron chi connectivity index (χ1n) is 15.1. The fourth-order valence-corrected chi connectivity index (χ4v) is 8.09. The monoisotopic (exact) mass is 578 g/mol. The first-order valence-corrected chi connectivity index (χ1v) is 17.0. The van der Waals surface area contributed by atoms with Crippen molar-refractivity contribution in [3.05, 3.63) is 65.7 Å². The van der Waals surface area contributed by atoms with Crippen LogP contribution in [-0.4, -0.2) is 98.6 Å². The minimum absolute atomic E-state index is 0.200. The van der Waals surface area contributed by atoms with Crippen LogP contribution in [0.3, 0.4) is 0 Å². The second kappa shape index (κ2) is 11.4. The van der Waals surface area contributed by atoms with Crippen molar-refractivity contribution < 1.29 is 18.0 Å². The van der Waals surface area contributed by atoms with E-state index in [1.807, 2.05) is 21.9 Å². The van der Waals surface area contributed by atoms with Crippen LogP contribution in [0.25, 0.3) is 0 Å². The molecule has 0 aromatic heterocycles. The summed E-state index contributed by atoms with van der Waals surface area (Å²) < 4.78 is 23.6. The zero-order chi connectivity index (χ0) is 28.6. The van der Waals surface area contributed by atoms with Gasteiger partial charge in [-0.05, 0) is 74.4 Å². The molecule has 9 heteroatoms. The molecule has 6 rings (SSSR count). The Morgan fingerprint density at radius 3 is 2.17 bits per heavy atom. The third-order valence-corrected chi connectivity index (χ3v) is 11.1. The zero-order valence-electron chi connectivity index (χ0n) is 24.1. The fourth-order valence-electron chi connectivity index (χ4n) is 7.46. The summed E-state index contributed by atoms with van der Waals surface area (Å²) in [7, 11) is -3.23. The topological polar surface area (TPSA) is 81.2 Å². The summed E-state index contributed by atoms with van der Waals surface area (Å²) >= 11 is 0. The Bertz CT molecular complexity index is 1350. The van der Waals surface area contributed by atoms with Crippen molar-refractivity contribution in [1.82, 2.24) is 19.6 Å². The molecular weight excluding hydrogens is 536 g/mol. The molecule has 0 saturated carbocycles. The van der Waals surface area contributed by atoms with E-state index < -0.39 is 9.84 Å². The van der Waals surface area contributed by atoms with E-state index in [9.17, 15) is 18.0 Å². The fraction of sp³-hybridized carbons (Fsp3) is 0.562. The Labute approximate surface area is 244 Å². The quantitative estimate of drug-likeness (QED) is 0.521. The third-order valence-electron chi connectivity index (χ3n) is 9.95. The van der Waals surface area contributed by atoms with Gasteiger partial charge in [-0.25, -0.2) is 13.2 Å². The zero-order valence-corrected chi connectivity index (χ0v) is 24.9. The molecule has 1 spiro atoms. The third kappa shape index (κ3) is 5.89. The lowest BCUT2D eigenvalue weighted by Gasteiger charge is -2.39. The highest BCUT2D eigenvalue weighted by Gasteiger charge is 2.48. The molecule has 2 aromatic carbocycles. The maximum Gasteiger partial charge on any atom is 0.320 e. The molecular formula is C32H42N4O4S. The molecule has 2 atom stereocenters.